The lowest BCUT2D eigenvalue weighted by Gasteiger charge is -2.36. The Morgan fingerprint density at radius 3 is 2.50 bits per heavy atom. The van der Waals surface area contributed by atoms with Crippen molar-refractivity contribution in [3.8, 4) is 5.69 Å². The molecule has 30 heavy (non-hydrogen) atoms. The summed E-state index contributed by atoms with van der Waals surface area (Å²) in [6.07, 6.45) is 3.06. The van der Waals surface area contributed by atoms with Gasteiger partial charge in [-0.25, -0.2) is 14.1 Å². The van der Waals surface area contributed by atoms with Crippen LogP contribution in [0.25, 0.3) is 5.69 Å². The minimum atomic E-state index is -0.335. The van der Waals surface area contributed by atoms with E-state index in [1.807, 2.05) is 25.1 Å². The number of piperazine rings is 1. The Balaban J connectivity index is 1.50. The molecule has 4 rings (SSSR count). The smallest absolute Gasteiger partial charge is 0.251 e. The third kappa shape index (κ3) is 4.33. The van der Waals surface area contributed by atoms with Crippen LogP contribution in [0.4, 0.5) is 10.1 Å². The van der Waals surface area contributed by atoms with Crippen LogP contribution in [0.3, 0.4) is 0 Å². The molecule has 1 unspecified atom stereocenters. The molecule has 1 aliphatic rings. The van der Waals surface area contributed by atoms with E-state index in [9.17, 15) is 9.18 Å². The number of nitrogens with one attached hydrogen (secondary N) is 1. The second kappa shape index (κ2) is 8.62. The lowest BCUT2D eigenvalue weighted by atomic mass is 10.0. The monoisotopic (exact) mass is 408 g/mol. The molecule has 1 N–H and O–H groups in total. The molecule has 0 spiro atoms. The number of aromatic nitrogens is 3. The van der Waals surface area contributed by atoms with E-state index in [0.717, 1.165) is 43.1 Å². The normalized spacial score (nSPS) is 15.8. The summed E-state index contributed by atoms with van der Waals surface area (Å²) in [6, 6.07) is 11.6. The van der Waals surface area contributed by atoms with Gasteiger partial charge >= 0.3 is 0 Å². The van der Waals surface area contributed by atoms with Crippen molar-refractivity contribution in [3.63, 3.8) is 0 Å². The van der Waals surface area contributed by atoms with Crippen LogP contribution in [-0.2, 0) is 0 Å². The first-order valence-corrected chi connectivity index (χ1v) is 10.00. The Hall–Kier alpha value is -3.26. The molecule has 0 aliphatic carbocycles. The van der Waals surface area contributed by atoms with Crippen molar-refractivity contribution in [2.75, 3.05) is 38.1 Å². The van der Waals surface area contributed by atoms with Crippen molar-refractivity contribution >= 4 is 11.6 Å². The van der Waals surface area contributed by atoms with Crippen molar-refractivity contribution in [2.24, 2.45) is 0 Å². The maximum absolute atomic E-state index is 14.0. The molecular formula is C22H25FN6O. The summed E-state index contributed by atoms with van der Waals surface area (Å²) in [5.41, 5.74) is 3.11. The molecule has 0 radical (unpaired) electrons. The molecule has 1 fully saturated rings. The summed E-state index contributed by atoms with van der Waals surface area (Å²) in [5, 5.41) is 7.08. The Morgan fingerprint density at radius 1 is 1.10 bits per heavy atom. The van der Waals surface area contributed by atoms with Gasteiger partial charge in [0, 0.05) is 43.0 Å². The SMILES string of the molecule is CC(NC(=O)c1ccc(-n2cncn2)cc1)c1cc(F)ccc1N1CCN(C)CC1. The molecule has 0 bridgehead atoms. The van der Waals surface area contributed by atoms with E-state index in [1.54, 1.807) is 23.1 Å². The van der Waals surface area contributed by atoms with Crippen LogP contribution >= 0.6 is 0 Å². The number of rotatable bonds is 5. The van der Waals surface area contributed by atoms with E-state index in [-0.39, 0.29) is 17.8 Å². The van der Waals surface area contributed by atoms with Gasteiger partial charge in [0.25, 0.3) is 5.91 Å². The molecule has 7 nitrogen and oxygen atoms in total. The molecule has 2 aromatic carbocycles. The van der Waals surface area contributed by atoms with E-state index < -0.39 is 0 Å². The van der Waals surface area contributed by atoms with Crippen LogP contribution in [0.15, 0.2) is 55.1 Å². The van der Waals surface area contributed by atoms with Crippen molar-refractivity contribution in [2.45, 2.75) is 13.0 Å². The lowest BCUT2D eigenvalue weighted by Crippen LogP contribution is -2.45. The average Bonchev–Trinajstić information content (AvgIpc) is 3.29. The van der Waals surface area contributed by atoms with E-state index in [0.29, 0.717) is 5.56 Å². The highest BCUT2D eigenvalue weighted by atomic mass is 19.1. The number of hydrogen-bond donors (Lipinski definition) is 1. The average molecular weight is 408 g/mol. The van der Waals surface area contributed by atoms with Crippen LogP contribution in [0.2, 0.25) is 0 Å². The summed E-state index contributed by atoms with van der Waals surface area (Å²) >= 11 is 0. The number of anilines is 1. The minimum absolute atomic E-state index is 0.207. The highest BCUT2D eigenvalue weighted by molar-refractivity contribution is 5.94. The second-order valence-corrected chi connectivity index (χ2v) is 7.58. The van der Waals surface area contributed by atoms with Gasteiger partial charge in [0.05, 0.1) is 11.7 Å². The number of carbonyl (C=O) groups is 1. The number of benzene rings is 2. The summed E-state index contributed by atoms with van der Waals surface area (Å²) in [4.78, 5) is 21.2. The topological polar surface area (TPSA) is 66.3 Å². The van der Waals surface area contributed by atoms with Gasteiger partial charge in [-0.1, -0.05) is 0 Å². The summed E-state index contributed by atoms with van der Waals surface area (Å²) < 4.78 is 15.6. The number of amides is 1. The highest BCUT2D eigenvalue weighted by Gasteiger charge is 2.21. The fraction of sp³-hybridized carbons (Fsp3) is 0.318. The number of hydrogen-bond acceptors (Lipinski definition) is 5. The molecular weight excluding hydrogens is 383 g/mol. The Kier molecular flexibility index (Phi) is 5.76. The van der Waals surface area contributed by atoms with Crippen molar-refractivity contribution in [1.82, 2.24) is 25.0 Å². The van der Waals surface area contributed by atoms with Crippen LogP contribution in [-0.4, -0.2) is 58.8 Å². The zero-order valence-corrected chi connectivity index (χ0v) is 17.1. The van der Waals surface area contributed by atoms with E-state index in [2.05, 4.69) is 32.2 Å². The van der Waals surface area contributed by atoms with Crippen molar-refractivity contribution in [3.05, 3.63) is 72.1 Å². The fourth-order valence-electron chi connectivity index (χ4n) is 3.67. The summed E-state index contributed by atoms with van der Waals surface area (Å²) in [7, 11) is 2.10. The Bertz CT molecular complexity index is 997. The largest absolute Gasteiger partial charge is 0.369 e. The van der Waals surface area contributed by atoms with Crippen LogP contribution < -0.4 is 10.2 Å². The van der Waals surface area contributed by atoms with Crippen LogP contribution in [0.1, 0.15) is 28.9 Å². The number of nitrogens with zero attached hydrogens (tertiary/aromatic N) is 5. The van der Waals surface area contributed by atoms with Crippen LogP contribution in [0, 0.1) is 5.82 Å². The highest BCUT2D eigenvalue weighted by Crippen LogP contribution is 2.28. The third-order valence-corrected chi connectivity index (χ3v) is 5.46. The predicted octanol–water partition coefficient (Wildman–Crippen LogP) is 2.65. The second-order valence-electron chi connectivity index (χ2n) is 7.58. The van der Waals surface area contributed by atoms with E-state index >= 15 is 0 Å². The molecule has 156 valence electrons. The van der Waals surface area contributed by atoms with Gasteiger partial charge < -0.3 is 15.1 Å². The van der Waals surface area contributed by atoms with Gasteiger partial charge in [-0.3, -0.25) is 4.79 Å². The van der Waals surface area contributed by atoms with Gasteiger partial charge in [0.15, 0.2) is 0 Å². The van der Waals surface area contributed by atoms with Gasteiger partial charge in [0.2, 0.25) is 0 Å². The third-order valence-electron chi connectivity index (χ3n) is 5.46. The maximum Gasteiger partial charge on any atom is 0.251 e. The standard InChI is InChI=1S/C22H25FN6O/c1-16(20-13-18(23)5-8-21(20)28-11-9-27(2)10-12-28)26-22(30)17-3-6-19(7-4-17)29-15-24-14-25-29/h3-8,13-16H,9-12H2,1-2H3,(H,26,30). The molecule has 3 aromatic rings. The number of carbonyl (C=O) groups excluding carboxylic acids is 1. The van der Waals surface area contributed by atoms with E-state index in [4.69, 9.17) is 0 Å². The maximum atomic E-state index is 14.0. The fourth-order valence-corrected chi connectivity index (χ4v) is 3.67. The van der Waals surface area contributed by atoms with E-state index in [1.165, 1.54) is 18.5 Å². The van der Waals surface area contributed by atoms with Gasteiger partial charge in [-0.15, -0.1) is 0 Å². The quantitative estimate of drug-likeness (QED) is 0.703. The Morgan fingerprint density at radius 2 is 1.83 bits per heavy atom. The van der Waals surface area contributed by atoms with Gasteiger partial charge in [0.1, 0.15) is 18.5 Å². The molecule has 0 saturated carbocycles. The molecule has 1 amide bonds. The molecule has 1 aromatic heterocycles. The number of likely N-dealkylation sites (N-methyl/N-ethyl adjacent to an activating group) is 1. The number of halogens is 1. The zero-order valence-electron chi connectivity index (χ0n) is 17.1. The first kappa shape index (κ1) is 20.0. The molecule has 2 heterocycles. The van der Waals surface area contributed by atoms with Crippen molar-refractivity contribution < 1.29 is 9.18 Å². The summed E-state index contributed by atoms with van der Waals surface area (Å²) in [5.74, 6) is -0.512. The first-order valence-electron chi connectivity index (χ1n) is 10.00. The predicted molar refractivity (Wildman–Crippen MR) is 113 cm³/mol. The minimum Gasteiger partial charge on any atom is -0.369 e. The summed E-state index contributed by atoms with van der Waals surface area (Å²) in [6.45, 7) is 5.54. The Labute approximate surface area is 175 Å². The molecule has 1 atom stereocenters. The van der Waals surface area contributed by atoms with Gasteiger partial charge in [-0.2, -0.15) is 5.10 Å². The zero-order chi connectivity index (χ0) is 21.1. The molecule has 1 saturated heterocycles. The van der Waals surface area contributed by atoms with Crippen molar-refractivity contribution in [1.29, 1.82) is 0 Å². The molecule has 1 aliphatic heterocycles. The van der Waals surface area contributed by atoms with Gasteiger partial charge in [-0.05, 0) is 56.4 Å². The first-order chi connectivity index (χ1) is 14.5. The lowest BCUT2D eigenvalue weighted by molar-refractivity contribution is 0.0940. The van der Waals surface area contributed by atoms with Crippen LogP contribution in [0.5, 0.6) is 0 Å². The molecule has 8 heteroatoms.